The molecule has 0 bridgehead atoms. The number of nitrogens with zero attached hydrogens (tertiary/aromatic N) is 2. The van der Waals surface area contributed by atoms with Crippen LogP contribution in [0.1, 0.15) is 16.8 Å². The molecule has 2 radical (unpaired) electrons. The number of pyridine rings is 1. The van der Waals surface area contributed by atoms with Gasteiger partial charge in [0.2, 0.25) is 0 Å². The highest BCUT2D eigenvalue weighted by atomic mass is 35.5. The Balaban J connectivity index is 3.54. The lowest BCUT2D eigenvalue weighted by atomic mass is 9.96. The van der Waals surface area contributed by atoms with Gasteiger partial charge in [-0.2, -0.15) is 5.26 Å². The van der Waals surface area contributed by atoms with Crippen molar-refractivity contribution in [1.29, 1.82) is 5.26 Å². The lowest BCUT2D eigenvalue weighted by molar-refractivity contribution is 1.17. The molecule has 4 heteroatoms. The Morgan fingerprint density at radius 1 is 1.50 bits per heavy atom. The summed E-state index contributed by atoms with van der Waals surface area (Å²) in [6.07, 6.45) is 0. The molecule has 0 aliphatic carbocycles. The summed E-state index contributed by atoms with van der Waals surface area (Å²) in [4.78, 5) is 3.98. The summed E-state index contributed by atoms with van der Waals surface area (Å²) in [6, 6.07) is 1.91. The van der Waals surface area contributed by atoms with E-state index in [1.807, 2.05) is 13.0 Å². The van der Waals surface area contributed by atoms with Crippen LogP contribution in [0, 0.1) is 25.2 Å². The van der Waals surface area contributed by atoms with Gasteiger partial charge in [-0.25, -0.2) is 0 Å². The highest BCUT2D eigenvalue weighted by Crippen LogP contribution is 2.19. The van der Waals surface area contributed by atoms with Gasteiger partial charge in [0.05, 0.1) is 10.6 Å². The smallest absolute Gasteiger partial charge is 0.143 e. The Bertz CT molecular complexity index is 368. The maximum atomic E-state index is 8.66. The Hall–Kier alpha value is -1.01. The van der Waals surface area contributed by atoms with Gasteiger partial charge in [-0.1, -0.05) is 11.6 Å². The van der Waals surface area contributed by atoms with Crippen molar-refractivity contribution in [2.24, 2.45) is 0 Å². The van der Waals surface area contributed by atoms with Gasteiger partial charge in [0.25, 0.3) is 0 Å². The molecule has 0 spiro atoms. The number of hydrogen-bond acceptors (Lipinski definition) is 2. The highest BCUT2D eigenvalue weighted by molar-refractivity contribution is 6.37. The number of rotatable bonds is 0. The third-order valence-corrected chi connectivity index (χ3v) is 2.22. The minimum Gasteiger partial charge on any atom is -0.268 e. The van der Waals surface area contributed by atoms with Crippen LogP contribution in [0.2, 0.25) is 5.02 Å². The quantitative estimate of drug-likeness (QED) is 0.553. The predicted octanol–water partition coefficient (Wildman–Crippen LogP) is 1.02. The van der Waals surface area contributed by atoms with Crippen molar-refractivity contribution in [1.82, 2.24) is 4.98 Å². The van der Waals surface area contributed by atoms with Crippen molar-refractivity contribution >= 4 is 25.0 Å². The van der Waals surface area contributed by atoms with E-state index in [1.54, 1.807) is 6.92 Å². The average molecular weight is 176 g/mol. The molecule has 0 amide bonds. The van der Waals surface area contributed by atoms with E-state index in [4.69, 9.17) is 24.7 Å². The van der Waals surface area contributed by atoms with E-state index in [9.17, 15) is 0 Å². The molecule has 0 saturated heterocycles. The van der Waals surface area contributed by atoms with E-state index in [1.165, 1.54) is 0 Å². The highest BCUT2D eigenvalue weighted by Gasteiger charge is 2.09. The predicted molar refractivity (Wildman–Crippen MR) is 48.8 cm³/mol. The molecular weight excluding hydrogens is 170 g/mol. The van der Waals surface area contributed by atoms with Crippen molar-refractivity contribution in [2.75, 3.05) is 0 Å². The van der Waals surface area contributed by atoms with Crippen LogP contribution in [-0.4, -0.2) is 12.8 Å². The fourth-order valence-electron chi connectivity index (χ4n) is 0.886. The molecule has 0 N–H and O–H groups in total. The number of hydrogen-bond donors (Lipinski definition) is 0. The van der Waals surface area contributed by atoms with Crippen molar-refractivity contribution < 1.29 is 0 Å². The van der Waals surface area contributed by atoms with E-state index >= 15 is 0 Å². The Kier molecular flexibility index (Phi) is 2.39. The van der Waals surface area contributed by atoms with Crippen molar-refractivity contribution in [2.45, 2.75) is 13.8 Å². The Labute approximate surface area is 77.6 Å². The summed E-state index contributed by atoms with van der Waals surface area (Å²) < 4.78 is 0. The zero-order valence-corrected chi connectivity index (χ0v) is 7.61. The first-order valence-electron chi connectivity index (χ1n) is 3.40. The summed E-state index contributed by atoms with van der Waals surface area (Å²) in [5, 5.41) is 9.07. The molecule has 2 nitrogen and oxygen atoms in total. The van der Waals surface area contributed by atoms with Crippen LogP contribution in [0.4, 0.5) is 0 Å². The summed E-state index contributed by atoms with van der Waals surface area (Å²) in [5.41, 5.74) is 2.03. The van der Waals surface area contributed by atoms with Gasteiger partial charge in [-0.05, 0) is 19.4 Å². The van der Waals surface area contributed by atoms with E-state index in [0.717, 1.165) is 11.3 Å². The molecule has 1 rings (SSSR count). The second-order valence-electron chi connectivity index (χ2n) is 2.51. The lowest BCUT2D eigenvalue weighted by Gasteiger charge is -2.06. The van der Waals surface area contributed by atoms with Crippen LogP contribution >= 0.6 is 11.6 Å². The van der Waals surface area contributed by atoms with Crippen LogP contribution in [0.5, 0.6) is 0 Å². The Morgan fingerprint density at radius 2 is 2.08 bits per heavy atom. The molecule has 1 aromatic heterocycles. The minimum atomic E-state index is 0.200. The molecule has 0 atom stereocenters. The lowest BCUT2D eigenvalue weighted by Crippen LogP contribution is -2.16. The topological polar surface area (TPSA) is 36.7 Å². The zero-order valence-electron chi connectivity index (χ0n) is 6.85. The molecule has 12 heavy (non-hydrogen) atoms. The maximum Gasteiger partial charge on any atom is 0.143 e. The first kappa shape index (κ1) is 9.09. The summed E-state index contributed by atoms with van der Waals surface area (Å²) in [6.45, 7) is 3.61. The monoisotopic (exact) mass is 176 g/mol. The Morgan fingerprint density at radius 3 is 2.58 bits per heavy atom. The second kappa shape index (κ2) is 3.16. The van der Waals surface area contributed by atoms with Gasteiger partial charge in [0, 0.05) is 11.3 Å². The van der Waals surface area contributed by atoms with Gasteiger partial charge in [0.1, 0.15) is 13.9 Å². The van der Waals surface area contributed by atoms with Crippen molar-refractivity contribution in [3.05, 3.63) is 21.8 Å². The van der Waals surface area contributed by atoms with Crippen LogP contribution < -0.4 is 5.59 Å². The van der Waals surface area contributed by atoms with Gasteiger partial charge in [-0.15, -0.1) is 0 Å². The molecule has 1 aromatic rings. The first-order valence-corrected chi connectivity index (χ1v) is 3.78. The largest absolute Gasteiger partial charge is 0.268 e. The third kappa shape index (κ3) is 1.30. The van der Waals surface area contributed by atoms with Gasteiger partial charge < -0.3 is 0 Å². The zero-order chi connectivity index (χ0) is 9.30. The first-order chi connectivity index (χ1) is 5.57. The van der Waals surface area contributed by atoms with Crippen LogP contribution in [0.15, 0.2) is 0 Å². The molecule has 0 fully saturated rings. The van der Waals surface area contributed by atoms with Crippen LogP contribution in [0.25, 0.3) is 0 Å². The van der Waals surface area contributed by atoms with Crippen molar-refractivity contribution in [3.8, 4) is 6.07 Å². The standard InChI is InChI=1S/C8H6BClN2/c1-4-5(2)12-8(9)6(3-11)7(4)10/h1-2H3. The van der Waals surface area contributed by atoms with Crippen molar-refractivity contribution in [3.63, 3.8) is 0 Å². The second-order valence-corrected chi connectivity index (χ2v) is 2.89. The molecule has 0 saturated carbocycles. The molecule has 0 aromatic carbocycles. The fraction of sp³-hybridized carbons (Fsp3) is 0.250. The van der Waals surface area contributed by atoms with E-state index in [-0.39, 0.29) is 11.2 Å². The minimum absolute atomic E-state index is 0.200. The molecule has 58 valence electrons. The van der Waals surface area contributed by atoms with E-state index < -0.39 is 0 Å². The molecular formula is C8H6BClN2. The van der Waals surface area contributed by atoms with Crippen LogP contribution in [0.3, 0.4) is 0 Å². The number of aryl methyl sites for hydroxylation is 1. The summed E-state index contributed by atoms with van der Waals surface area (Å²) in [7, 11) is 5.48. The summed E-state index contributed by atoms with van der Waals surface area (Å²) in [5.74, 6) is 0. The molecule has 0 aliphatic heterocycles. The third-order valence-electron chi connectivity index (χ3n) is 1.75. The summed E-state index contributed by atoms with van der Waals surface area (Å²) >= 11 is 5.86. The normalized spacial score (nSPS) is 9.50. The van der Waals surface area contributed by atoms with Crippen LogP contribution in [-0.2, 0) is 0 Å². The fourth-order valence-corrected chi connectivity index (χ4v) is 1.16. The maximum absolute atomic E-state index is 8.66. The SMILES string of the molecule is [B]c1nc(C)c(C)c(Cl)c1C#N. The van der Waals surface area contributed by atoms with E-state index in [0.29, 0.717) is 5.02 Å². The van der Waals surface area contributed by atoms with Gasteiger partial charge >= 0.3 is 0 Å². The average Bonchev–Trinajstić information content (AvgIpc) is 2.01. The molecule has 0 aliphatic rings. The number of halogens is 1. The number of aromatic nitrogens is 1. The number of nitriles is 1. The van der Waals surface area contributed by atoms with Gasteiger partial charge in [0.15, 0.2) is 0 Å². The van der Waals surface area contributed by atoms with E-state index in [2.05, 4.69) is 4.98 Å². The molecule has 1 heterocycles. The van der Waals surface area contributed by atoms with Gasteiger partial charge in [-0.3, -0.25) is 4.98 Å². The molecule has 0 unspecified atom stereocenters.